The van der Waals surface area contributed by atoms with Gasteiger partial charge in [-0.25, -0.2) is 0 Å². The highest BCUT2D eigenvalue weighted by Crippen LogP contribution is 2.21. The van der Waals surface area contributed by atoms with Gasteiger partial charge in [0.2, 0.25) is 0 Å². The van der Waals surface area contributed by atoms with Crippen LogP contribution in [0.15, 0.2) is 53.4 Å². The molecule has 4 nitrogen and oxygen atoms in total. The van der Waals surface area contributed by atoms with Gasteiger partial charge in [-0.1, -0.05) is 139 Å². The second-order valence-electron chi connectivity index (χ2n) is 10.9. The molecule has 2 rings (SSSR count). The molecule has 0 atom stereocenters. The molecule has 216 valence electrons. The number of hydrogen-bond donors (Lipinski definition) is 1. The molecule has 0 heterocycles. The first kappa shape index (κ1) is 34.2. The molecule has 5 heteroatoms. The van der Waals surface area contributed by atoms with Crippen LogP contribution >= 0.6 is 0 Å². The highest BCUT2D eigenvalue weighted by molar-refractivity contribution is 7.85. The Balaban J connectivity index is 0.000000544. The lowest BCUT2D eigenvalue weighted by Gasteiger charge is -2.17. The van der Waals surface area contributed by atoms with Crippen LogP contribution in [0, 0.1) is 6.92 Å². The zero-order valence-corrected chi connectivity index (χ0v) is 25.6. The number of nitrogens with zero attached hydrogens (tertiary/aromatic N) is 1. The predicted molar refractivity (Wildman–Crippen MR) is 165 cm³/mol. The maximum absolute atomic E-state index is 10.5. The molecule has 0 aliphatic rings. The van der Waals surface area contributed by atoms with Gasteiger partial charge in [0.15, 0.2) is 0 Å². The van der Waals surface area contributed by atoms with Gasteiger partial charge in [0.05, 0.1) is 4.90 Å². The monoisotopic (exact) mass is 545 g/mol. The van der Waals surface area contributed by atoms with E-state index in [4.69, 9.17) is 4.55 Å². The van der Waals surface area contributed by atoms with Crippen LogP contribution in [0.3, 0.4) is 0 Å². The van der Waals surface area contributed by atoms with Gasteiger partial charge >= 0.3 is 0 Å². The van der Waals surface area contributed by atoms with Crippen molar-refractivity contribution in [3.63, 3.8) is 0 Å². The third kappa shape index (κ3) is 16.9. The summed E-state index contributed by atoms with van der Waals surface area (Å²) in [7, 11) is 0.271. The summed E-state index contributed by atoms with van der Waals surface area (Å²) in [5, 5.41) is 0. The van der Waals surface area contributed by atoms with E-state index in [9.17, 15) is 8.42 Å². The highest BCUT2D eigenvalue weighted by Gasteiger charge is 2.07. The van der Waals surface area contributed by atoms with Gasteiger partial charge in [0, 0.05) is 19.8 Å². The van der Waals surface area contributed by atoms with E-state index in [2.05, 4.69) is 50.2 Å². The Labute approximate surface area is 235 Å². The van der Waals surface area contributed by atoms with E-state index >= 15 is 0 Å². The molecule has 0 aliphatic heterocycles. The molecular formula is C33H55NO3S. The van der Waals surface area contributed by atoms with Crippen molar-refractivity contribution in [2.24, 2.45) is 0 Å². The Morgan fingerprint density at radius 2 is 1.05 bits per heavy atom. The van der Waals surface area contributed by atoms with Crippen molar-refractivity contribution in [3.05, 3.63) is 59.7 Å². The van der Waals surface area contributed by atoms with Crippen LogP contribution in [0.1, 0.15) is 121 Å². The molecule has 0 unspecified atom stereocenters. The van der Waals surface area contributed by atoms with E-state index < -0.39 is 10.1 Å². The minimum atomic E-state index is -4.02. The van der Waals surface area contributed by atoms with Gasteiger partial charge in [-0.2, -0.15) is 8.42 Å². The van der Waals surface area contributed by atoms with Crippen LogP contribution in [0.4, 0.5) is 5.69 Å². The summed E-state index contributed by atoms with van der Waals surface area (Å²) in [5.74, 6) is 0. The molecule has 38 heavy (non-hydrogen) atoms. The SMILES string of the molecule is CCCCCCCCCCCCCCCCCCc1ccccc1N(C)C.Cc1ccc(S(=O)(=O)O)cc1. The second-order valence-corrected chi connectivity index (χ2v) is 12.3. The van der Waals surface area contributed by atoms with E-state index in [1.54, 1.807) is 12.1 Å². The zero-order valence-electron chi connectivity index (χ0n) is 24.8. The fourth-order valence-corrected chi connectivity index (χ4v) is 5.21. The van der Waals surface area contributed by atoms with Gasteiger partial charge in [-0.3, -0.25) is 4.55 Å². The summed E-state index contributed by atoms with van der Waals surface area (Å²) in [5.41, 5.74) is 3.85. The lowest BCUT2D eigenvalue weighted by molar-refractivity contribution is 0.483. The number of aryl methyl sites for hydroxylation is 2. The number of para-hydroxylation sites is 1. The normalized spacial score (nSPS) is 11.2. The van der Waals surface area contributed by atoms with Crippen LogP contribution in [0.5, 0.6) is 0 Å². The maximum atomic E-state index is 10.5. The lowest BCUT2D eigenvalue weighted by atomic mass is 10.0. The Kier molecular flexibility index (Phi) is 18.9. The number of rotatable bonds is 19. The number of unbranched alkanes of at least 4 members (excludes halogenated alkanes) is 15. The van der Waals surface area contributed by atoms with Gasteiger partial charge in [0.1, 0.15) is 0 Å². The molecule has 0 aromatic heterocycles. The smallest absolute Gasteiger partial charge is 0.294 e. The standard InChI is InChI=1S/C26H47N.C7H8O3S/c1-4-5-6-7-8-9-10-11-12-13-14-15-16-17-18-19-22-25-23-20-21-24-26(25)27(2)3;1-6-2-4-7(5-3-6)11(8,9)10/h20-21,23-24H,4-19,22H2,1-3H3;2-5H,1H3,(H,8,9,10). The third-order valence-corrected chi connectivity index (χ3v) is 7.96. The molecule has 0 saturated heterocycles. The molecule has 1 N–H and O–H groups in total. The highest BCUT2D eigenvalue weighted by atomic mass is 32.2. The summed E-state index contributed by atoms with van der Waals surface area (Å²) in [6.07, 6.45) is 24.3. The minimum absolute atomic E-state index is 0.0666. The Bertz CT molecular complexity index is 939. The lowest BCUT2D eigenvalue weighted by Crippen LogP contribution is -2.11. The number of hydrogen-bond acceptors (Lipinski definition) is 3. The van der Waals surface area contributed by atoms with Crippen LogP contribution < -0.4 is 4.90 Å². The Morgan fingerprint density at radius 1 is 0.632 bits per heavy atom. The van der Waals surface area contributed by atoms with Crippen LogP contribution in [-0.2, 0) is 16.5 Å². The van der Waals surface area contributed by atoms with Crippen LogP contribution in [0.2, 0.25) is 0 Å². The van der Waals surface area contributed by atoms with E-state index in [1.165, 1.54) is 133 Å². The van der Waals surface area contributed by atoms with Crippen molar-refractivity contribution in [2.75, 3.05) is 19.0 Å². The van der Waals surface area contributed by atoms with Gasteiger partial charge in [-0.15, -0.1) is 0 Å². The quantitative estimate of drug-likeness (QED) is 0.141. The van der Waals surface area contributed by atoms with Gasteiger partial charge in [0.25, 0.3) is 10.1 Å². The second kappa shape index (κ2) is 21.0. The van der Waals surface area contributed by atoms with E-state index in [0.717, 1.165) is 5.56 Å². The fourth-order valence-electron chi connectivity index (χ4n) is 4.73. The van der Waals surface area contributed by atoms with Crippen molar-refractivity contribution < 1.29 is 13.0 Å². The number of anilines is 1. The summed E-state index contributed by atoms with van der Waals surface area (Å²) in [4.78, 5) is 2.17. The van der Waals surface area contributed by atoms with Crippen molar-refractivity contribution in [3.8, 4) is 0 Å². The van der Waals surface area contributed by atoms with Gasteiger partial charge in [-0.05, 0) is 43.5 Å². The topological polar surface area (TPSA) is 57.6 Å². The molecule has 0 saturated carbocycles. The molecule has 0 fully saturated rings. The molecule has 0 radical (unpaired) electrons. The van der Waals surface area contributed by atoms with Crippen LogP contribution in [0.25, 0.3) is 0 Å². The first-order valence-electron chi connectivity index (χ1n) is 15.0. The first-order valence-corrected chi connectivity index (χ1v) is 16.5. The Hall–Kier alpha value is -1.85. The number of benzene rings is 2. The predicted octanol–water partition coefficient (Wildman–Crippen LogP) is 9.80. The van der Waals surface area contributed by atoms with E-state index in [1.807, 2.05) is 6.92 Å². The first-order chi connectivity index (χ1) is 18.3. The van der Waals surface area contributed by atoms with Crippen molar-refractivity contribution >= 4 is 15.8 Å². The largest absolute Gasteiger partial charge is 0.377 e. The molecule has 0 amide bonds. The minimum Gasteiger partial charge on any atom is -0.377 e. The average Bonchev–Trinajstić information content (AvgIpc) is 2.88. The zero-order chi connectivity index (χ0) is 28.1. The molecule has 2 aromatic carbocycles. The molecule has 0 spiro atoms. The maximum Gasteiger partial charge on any atom is 0.294 e. The third-order valence-electron chi connectivity index (χ3n) is 7.09. The molecule has 0 bridgehead atoms. The van der Waals surface area contributed by atoms with Crippen LogP contribution in [-0.4, -0.2) is 27.1 Å². The Morgan fingerprint density at radius 3 is 1.47 bits per heavy atom. The molecule has 2 aromatic rings. The summed E-state index contributed by atoms with van der Waals surface area (Å²) >= 11 is 0. The molecule has 0 aliphatic carbocycles. The van der Waals surface area contributed by atoms with E-state index in [0.29, 0.717) is 0 Å². The molecular weight excluding hydrogens is 490 g/mol. The van der Waals surface area contributed by atoms with Crippen molar-refractivity contribution in [2.45, 2.75) is 128 Å². The van der Waals surface area contributed by atoms with Crippen molar-refractivity contribution in [1.82, 2.24) is 0 Å². The van der Waals surface area contributed by atoms with Gasteiger partial charge < -0.3 is 4.90 Å². The van der Waals surface area contributed by atoms with E-state index in [-0.39, 0.29) is 4.90 Å². The summed E-state index contributed by atoms with van der Waals surface area (Å²) in [6.45, 7) is 4.14. The fraction of sp³-hybridized carbons (Fsp3) is 0.636. The average molecular weight is 546 g/mol. The summed E-state index contributed by atoms with van der Waals surface area (Å²) < 4.78 is 29.6. The summed E-state index contributed by atoms with van der Waals surface area (Å²) in [6, 6.07) is 14.8. The van der Waals surface area contributed by atoms with Crippen molar-refractivity contribution in [1.29, 1.82) is 0 Å².